The third-order valence-corrected chi connectivity index (χ3v) is 9.17. The molecule has 0 amide bonds. The highest BCUT2D eigenvalue weighted by molar-refractivity contribution is 7.47. The summed E-state index contributed by atoms with van der Waals surface area (Å²) in [4.78, 5) is 35.0. The lowest BCUT2D eigenvalue weighted by molar-refractivity contribution is -0.161. The molecular formula is C46H76NO8P. The van der Waals surface area contributed by atoms with Crippen LogP contribution in [-0.2, 0) is 32.7 Å². The molecule has 0 heterocycles. The molecule has 318 valence electrons. The minimum Gasteiger partial charge on any atom is -0.462 e. The Kier molecular flexibility index (Phi) is 39.3. The number of rotatable bonds is 38. The van der Waals surface area contributed by atoms with Crippen LogP contribution in [0.25, 0.3) is 0 Å². The maximum absolute atomic E-state index is 12.6. The predicted molar refractivity (Wildman–Crippen MR) is 233 cm³/mol. The highest BCUT2D eigenvalue weighted by atomic mass is 31.2. The summed E-state index contributed by atoms with van der Waals surface area (Å²) in [5.74, 6) is -0.911. The molecule has 2 N–H and O–H groups in total. The van der Waals surface area contributed by atoms with Crippen molar-refractivity contribution in [1.82, 2.24) is 5.32 Å². The van der Waals surface area contributed by atoms with Gasteiger partial charge in [-0.15, -0.1) is 0 Å². The van der Waals surface area contributed by atoms with Gasteiger partial charge in [-0.05, 0) is 96.9 Å². The summed E-state index contributed by atoms with van der Waals surface area (Å²) in [6.07, 6.45) is 51.7. The first-order valence-electron chi connectivity index (χ1n) is 21.2. The monoisotopic (exact) mass is 802 g/mol. The summed E-state index contributed by atoms with van der Waals surface area (Å²) in [5.41, 5.74) is 0. The average molecular weight is 802 g/mol. The maximum atomic E-state index is 12.6. The second kappa shape index (κ2) is 41.6. The molecular weight excluding hydrogens is 725 g/mol. The van der Waals surface area contributed by atoms with Crippen molar-refractivity contribution in [2.75, 3.05) is 33.4 Å². The molecule has 0 radical (unpaired) electrons. The van der Waals surface area contributed by atoms with Crippen molar-refractivity contribution < 1.29 is 37.6 Å². The number of unbranched alkanes of at least 4 members (excludes halogenated alkanes) is 8. The van der Waals surface area contributed by atoms with Crippen molar-refractivity contribution in [2.45, 2.75) is 148 Å². The van der Waals surface area contributed by atoms with Crippen LogP contribution in [-0.4, -0.2) is 56.3 Å². The predicted octanol–water partition coefficient (Wildman–Crippen LogP) is 12.1. The quantitative estimate of drug-likeness (QED) is 0.0272. The van der Waals surface area contributed by atoms with Crippen LogP contribution in [0.2, 0.25) is 0 Å². The summed E-state index contributed by atoms with van der Waals surface area (Å²) in [7, 11) is -2.69. The summed E-state index contributed by atoms with van der Waals surface area (Å²) < 4.78 is 33.1. The number of nitrogens with one attached hydrogen (secondary N) is 1. The number of phosphoric ester groups is 1. The van der Waals surface area contributed by atoms with Gasteiger partial charge in [0.1, 0.15) is 6.61 Å². The van der Waals surface area contributed by atoms with Gasteiger partial charge in [-0.1, -0.05) is 137 Å². The van der Waals surface area contributed by atoms with Crippen LogP contribution in [0.5, 0.6) is 0 Å². The van der Waals surface area contributed by atoms with Gasteiger partial charge in [0.2, 0.25) is 0 Å². The van der Waals surface area contributed by atoms with Crippen LogP contribution in [0, 0.1) is 0 Å². The Balaban J connectivity index is 4.41. The van der Waals surface area contributed by atoms with Gasteiger partial charge in [-0.3, -0.25) is 18.6 Å². The third kappa shape index (κ3) is 40.6. The van der Waals surface area contributed by atoms with Crippen molar-refractivity contribution in [1.29, 1.82) is 0 Å². The molecule has 56 heavy (non-hydrogen) atoms. The maximum Gasteiger partial charge on any atom is 0.472 e. The minimum absolute atomic E-state index is 0.0361. The Hall–Kier alpha value is -3.07. The summed E-state index contributed by atoms with van der Waals surface area (Å²) in [6.45, 7) is 3.96. The second-order valence-corrected chi connectivity index (χ2v) is 14.9. The van der Waals surface area contributed by atoms with Crippen LogP contribution in [0.15, 0.2) is 97.2 Å². The molecule has 0 bridgehead atoms. The van der Waals surface area contributed by atoms with Gasteiger partial charge < -0.3 is 19.7 Å². The molecule has 9 nitrogen and oxygen atoms in total. The van der Waals surface area contributed by atoms with E-state index in [1.54, 1.807) is 7.05 Å². The van der Waals surface area contributed by atoms with Crippen molar-refractivity contribution in [3.8, 4) is 0 Å². The lowest BCUT2D eigenvalue weighted by Crippen LogP contribution is -2.29. The SMILES string of the molecule is CC/C=C\C/C=C\C/C=C\C/C=C\C/C=C\CCCC(=O)OCC(COP(=O)(O)OCCNC)OC(=O)CCCCCC/C=C\C/C=C\C/C=C\CCCCC. The van der Waals surface area contributed by atoms with E-state index in [1.807, 2.05) is 6.08 Å². The van der Waals surface area contributed by atoms with Crippen molar-refractivity contribution in [3.63, 3.8) is 0 Å². The molecule has 0 aromatic rings. The molecule has 0 rings (SSSR count). The largest absolute Gasteiger partial charge is 0.472 e. The van der Waals surface area contributed by atoms with Crippen LogP contribution in [0.1, 0.15) is 142 Å². The zero-order valence-corrected chi connectivity index (χ0v) is 35.9. The Bertz CT molecular complexity index is 1230. The number of phosphoric acid groups is 1. The fourth-order valence-corrected chi connectivity index (χ4v) is 5.76. The lowest BCUT2D eigenvalue weighted by atomic mass is 10.1. The molecule has 0 spiro atoms. The Morgan fingerprint density at radius 2 is 1.04 bits per heavy atom. The number of allylic oxidation sites excluding steroid dienone is 16. The topological polar surface area (TPSA) is 120 Å². The first-order chi connectivity index (χ1) is 27.3. The lowest BCUT2D eigenvalue weighted by Gasteiger charge is -2.20. The smallest absolute Gasteiger partial charge is 0.462 e. The zero-order chi connectivity index (χ0) is 41.1. The molecule has 0 aliphatic rings. The fraction of sp³-hybridized carbons (Fsp3) is 0.609. The van der Waals surface area contributed by atoms with E-state index in [1.165, 1.54) is 25.7 Å². The summed E-state index contributed by atoms with van der Waals surface area (Å²) in [5, 5.41) is 2.81. The number of carbonyl (C=O) groups excluding carboxylic acids is 2. The minimum atomic E-state index is -4.37. The van der Waals surface area contributed by atoms with Crippen LogP contribution < -0.4 is 5.32 Å². The number of carbonyl (C=O) groups is 2. The fourth-order valence-electron chi connectivity index (χ4n) is 5.00. The normalized spacial score (nSPS) is 14.3. The van der Waals surface area contributed by atoms with E-state index in [4.69, 9.17) is 18.5 Å². The molecule has 0 saturated carbocycles. The Labute approximate surface area is 340 Å². The van der Waals surface area contributed by atoms with Crippen LogP contribution in [0.3, 0.4) is 0 Å². The van der Waals surface area contributed by atoms with Gasteiger partial charge in [0.25, 0.3) is 0 Å². The Morgan fingerprint density at radius 3 is 1.55 bits per heavy atom. The van der Waals surface area contributed by atoms with E-state index >= 15 is 0 Å². The van der Waals surface area contributed by atoms with Crippen molar-refractivity contribution >= 4 is 19.8 Å². The summed E-state index contributed by atoms with van der Waals surface area (Å²) in [6, 6.07) is 0. The molecule has 0 aromatic heterocycles. The van der Waals surface area contributed by atoms with Gasteiger partial charge in [0.15, 0.2) is 6.10 Å². The van der Waals surface area contributed by atoms with Crippen molar-refractivity contribution in [2.24, 2.45) is 0 Å². The van der Waals surface area contributed by atoms with E-state index < -0.39 is 32.5 Å². The standard InChI is InChI=1S/C46H76NO8P/c1-4-6-8-10-12-14-16-18-20-22-24-26-28-30-32-34-36-38-45(48)52-42-44(43-54-56(50,51)53-41-40-47-3)55-46(49)39-37-35-33-31-29-27-25-23-21-19-17-15-13-11-9-7-5-2/h6,8,12-15,18-21,24-27,30,32,44,47H,4-5,7,9-11,16-17,22-23,28-29,31,33-43H2,1-3H3,(H,50,51)/b8-6-,14-12-,15-13-,20-18-,21-19-,26-24-,27-25-,32-30-. The molecule has 0 aliphatic heterocycles. The number of hydrogen-bond acceptors (Lipinski definition) is 8. The molecule has 0 fully saturated rings. The van der Waals surface area contributed by atoms with E-state index in [-0.39, 0.29) is 26.1 Å². The first-order valence-corrected chi connectivity index (χ1v) is 22.7. The molecule has 0 saturated heterocycles. The number of esters is 2. The Morgan fingerprint density at radius 1 is 0.571 bits per heavy atom. The number of hydrogen-bond donors (Lipinski definition) is 2. The molecule has 0 aliphatic carbocycles. The highest BCUT2D eigenvalue weighted by Gasteiger charge is 2.26. The summed E-state index contributed by atoms with van der Waals surface area (Å²) >= 11 is 0. The molecule has 2 unspecified atom stereocenters. The first kappa shape index (κ1) is 52.9. The van der Waals surface area contributed by atoms with Gasteiger partial charge in [0, 0.05) is 19.4 Å². The van der Waals surface area contributed by atoms with E-state index in [2.05, 4.69) is 110 Å². The van der Waals surface area contributed by atoms with Gasteiger partial charge in [-0.2, -0.15) is 0 Å². The van der Waals surface area contributed by atoms with Crippen LogP contribution in [0.4, 0.5) is 0 Å². The van der Waals surface area contributed by atoms with E-state index in [9.17, 15) is 19.0 Å². The van der Waals surface area contributed by atoms with Gasteiger partial charge >= 0.3 is 19.8 Å². The second-order valence-electron chi connectivity index (χ2n) is 13.4. The van der Waals surface area contributed by atoms with E-state index in [0.717, 1.165) is 77.0 Å². The molecule has 2 atom stereocenters. The van der Waals surface area contributed by atoms with Crippen LogP contribution >= 0.6 is 7.82 Å². The highest BCUT2D eigenvalue weighted by Crippen LogP contribution is 2.43. The number of ether oxygens (including phenoxy) is 2. The number of likely N-dealkylation sites (N-methyl/N-ethyl adjacent to an activating group) is 1. The molecule has 10 heteroatoms. The van der Waals surface area contributed by atoms with E-state index in [0.29, 0.717) is 19.4 Å². The van der Waals surface area contributed by atoms with Gasteiger partial charge in [0.05, 0.1) is 13.2 Å². The average Bonchev–Trinajstić information content (AvgIpc) is 3.18. The zero-order valence-electron chi connectivity index (χ0n) is 35.0. The third-order valence-electron chi connectivity index (χ3n) is 8.19. The van der Waals surface area contributed by atoms with Gasteiger partial charge in [-0.25, -0.2) is 4.57 Å². The van der Waals surface area contributed by atoms with Crippen molar-refractivity contribution in [3.05, 3.63) is 97.2 Å². The molecule has 0 aromatic carbocycles.